The van der Waals surface area contributed by atoms with Crippen LogP contribution in [0.1, 0.15) is 29.9 Å². The van der Waals surface area contributed by atoms with Gasteiger partial charge < -0.3 is 9.73 Å². The zero-order chi connectivity index (χ0) is 13.0. The van der Waals surface area contributed by atoms with Gasteiger partial charge in [-0.3, -0.25) is 0 Å². The van der Waals surface area contributed by atoms with Gasteiger partial charge in [0.25, 0.3) is 0 Å². The van der Waals surface area contributed by atoms with Gasteiger partial charge in [0.15, 0.2) is 0 Å². The summed E-state index contributed by atoms with van der Waals surface area (Å²) in [6, 6.07) is 8.87. The van der Waals surface area contributed by atoms with Crippen molar-refractivity contribution in [3.05, 3.63) is 59.3 Å². The van der Waals surface area contributed by atoms with Crippen molar-refractivity contribution in [3.63, 3.8) is 0 Å². The van der Waals surface area contributed by atoms with Crippen molar-refractivity contribution in [2.75, 3.05) is 7.05 Å². The van der Waals surface area contributed by atoms with Crippen molar-refractivity contribution in [1.82, 2.24) is 5.32 Å². The molecule has 1 heterocycles. The van der Waals surface area contributed by atoms with E-state index in [-0.39, 0.29) is 11.9 Å². The summed E-state index contributed by atoms with van der Waals surface area (Å²) in [7, 11) is 1.91. The standard InChI is InChI=1S/C15H18FNO/c1-3-15-13(7-8-18-15)14(17-2)10-11-5-4-6-12(16)9-11/h4-9,14,17H,3,10H2,1-2H3. The summed E-state index contributed by atoms with van der Waals surface area (Å²) in [5, 5.41) is 3.26. The molecule has 1 N–H and O–H groups in total. The Bertz CT molecular complexity index is 507. The van der Waals surface area contributed by atoms with Crippen molar-refractivity contribution in [3.8, 4) is 0 Å². The smallest absolute Gasteiger partial charge is 0.123 e. The molecule has 0 fully saturated rings. The second kappa shape index (κ2) is 5.83. The molecule has 2 nitrogen and oxygen atoms in total. The maximum absolute atomic E-state index is 13.2. The fraction of sp³-hybridized carbons (Fsp3) is 0.333. The molecular weight excluding hydrogens is 229 g/mol. The molecule has 0 aliphatic carbocycles. The number of benzene rings is 1. The first-order valence-electron chi connectivity index (χ1n) is 6.22. The summed E-state index contributed by atoms with van der Waals surface area (Å²) in [5.41, 5.74) is 2.14. The molecule has 0 saturated heterocycles. The van der Waals surface area contributed by atoms with Gasteiger partial charge in [-0.25, -0.2) is 4.39 Å². The minimum atomic E-state index is -0.190. The zero-order valence-corrected chi connectivity index (χ0v) is 10.7. The molecule has 0 aliphatic rings. The van der Waals surface area contributed by atoms with Crippen LogP contribution in [0.3, 0.4) is 0 Å². The van der Waals surface area contributed by atoms with Crippen molar-refractivity contribution in [1.29, 1.82) is 0 Å². The Labute approximate surface area is 107 Å². The van der Waals surface area contributed by atoms with Gasteiger partial charge in [0.1, 0.15) is 11.6 Å². The molecule has 0 aliphatic heterocycles. The quantitative estimate of drug-likeness (QED) is 0.875. The summed E-state index contributed by atoms with van der Waals surface area (Å²) in [5.74, 6) is 0.802. The number of hydrogen-bond acceptors (Lipinski definition) is 2. The first-order chi connectivity index (χ1) is 8.74. The van der Waals surface area contributed by atoms with Gasteiger partial charge in [-0.1, -0.05) is 19.1 Å². The van der Waals surface area contributed by atoms with Gasteiger partial charge in [0, 0.05) is 18.0 Å². The summed E-state index contributed by atoms with van der Waals surface area (Å²) in [6.07, 6.45) is 3.33. The van der Waals surface area contributed by atoms with Crippen LogP contribution in [-0.4, -0.2) is 7.05 Å². The lowest BCUT2D eigenvalue weighted by Crippen LogP contribution is -2.19. The number of aryl methyl sites for hydroxylation is 1. The number of nitrogens with one attached hydrogen (secondary N) is 1. The van der Waals surface area contributed by atoms with E-state index in [1.54, 1.807) is 18.4 Å². The second-order valence-electron chi connectivity index (χ2n) is 4.33. The fourth-order valence-corrected chi connectivity index (χ4v) is 2.22. The van der Waals surface area contributed by atoms with E-state index in [1.807, 2.05) is 19.2 Å². The van der Waals surface area contributed by atoms with E-state index >= 15 is 0 Å². The van der Waals surface area contributed by atoms with Gasteiger partial charge in [-0.05, 0) is 37.2 Å². The Morgan fingerprint density at radius 3 is 2.83 bits per heavy atom. The molecule has 0 bridgehead atoms. The fourth-order valence-electron chi connectivity index (χ4n) is 2.22. The molecule has 0 amide bonds. The Hall–Kier alpha value is -1.61. The molecule has 1 aromatic carbocycles. The second-order valence-corrected chi connectivity index (χ2v) is 4.33. The van der Waals surface area contributed by atoms with Gasteiger partial charge >= 0.3 is 0 Å². The van der Waals surface area contributed by atoms with E-state index in [0.717, 1.165) is 29.7 Å². The number of furan rings is 1. The summed E-state index contributed by atoms with van der Waals surface area (Å²) in [4.78, 5) is 0. The molecule has 3 heteroatoms. The van der Waals surface area contributed by atoms with Crippen LogP contribution in [0.4, 0.5) is 4.39 Å². The number of likely N-dealkylation sites (N-methyl/N-ethyl adjacent to an activating group) is 1. The normalized spacial score (nSPS) is 12.6. The molecule has 1 unspecified atom stereocenters. The molecule has 1 atom stereocenters. The molecule has 96 valence electrons. The average Bonchev–Trinajstić information content (AvgIpc) is 2.84. The Morgan fingerprint density at radius 2 is 2.17 bits per heavy atom. The Kier molecular flexibility index (Phi) is 4.15. The van der Waals surface area contributed by atoms with E-state index < -0.39 is 0 Å². The van der Waals surface area contributed by atoms with Crippen LogP contribution >= 0.6 is 0 Å². The first kappa shape index (κ1) is 12.8. The van der Waals surface area contributed by atoms with Crippen LogP contribution < -0.4 is 5.32 Å². The Morgan fingerprint density at radius 1 is 1.33 bits per heavy atom. The van der Waals surface area contributed by atoms with Gasteiger partial charge in [-0.2, -0.15) is 0 Å². The van der Waals surface area contributed by atoms with Crippen LogP contribution in [0.2, 0.25) is 0 Å². The largest absolute Gasteiger partial charge is 0.469 e. The van der Waals surface area contributed by atoms with Crippen molar-refractivity contribution < 1.29 is 8.81 Å². The lowest BCUT2D eigenvalue weighted by atomic mass is 9.98. The maximum Gasteiger partial charge on any atom is 0.123 e. The monoisotopic (exact) mass is 247 g/mol. The number of hydrogen-bond donors (Lipinski definition) is 1. The molecule has 2 rings (SSSR count). The summed E-state index contributed by atoms with van der Waals surface area (Å²) < 4.78 is 18.6. The highest BCUT2D eigenvalue weighted by Crippen LogP contribution is 2.23. The highest BCUT2D eigenvalue weighted by atomic mass is 19.1. The molecule has 2 aromatic rings. The zero-order valence-electron chi connectivity index (χ0n) is 10.7. The van der Waals surface area contributed by atoms with Crippen LogP contribution in [0.15, 0.2) is 41.0 Å². The van der Waals surface area contributed by atoms with E-state index in [2.05, 4.69) is 12.2 Å². The van der Waals surface area contributed by atoms with Crippen LogP contribution in [0.5, 0.6) is 0 Å². The molecule has 0 saturated carbocycles. The van der Waals surface area contributed by atoms with Gasteiger partial charge in [0.05, 0.1) is 6.26 Å². The first-order valence-corrected chi connectivity index (χ1v) is 6.22. The lowest BCUT2D eigenvalue weighted by Gasteiger charge is -2.16. The topological polar surface area (TPSA) is 25.2 Å². The van der Waals surface area contributed by atoms with Gasteiger partial charge in [0.2, 0.25) is 0 Å². The van der Waals surface area contributed by atoms with Crippen LogP contribution in [-0.2, 0) is 12.8 Å². The highest BCUT2D eigenvalue weighted by molar-refractivity contribution is 5.25. The minimum Gasteiger partial charge on any atom is -0.469 e. The van der Waals surface area contributed by atoms with Crippen molar-refractivity contribution in [2.45, 2.75) is 25.8 Å². The number of halogens is 1. The van der Waals surface area contributed by atoms with Crippen molar-refractivity contribution in [2.24, 2.45) is 0 Å². The highest BCUT2D eigenvalue weighted by Gasteiger charge is 2.16. The van der Waals surface area contributed by atoms with E-state index in [4.69, 9.17) is 4.42 Å². The number of rotatable bonds is 5. The van der Waals surface area contributed by atoms with Gasteiger partial charge in [-0.15, -0.1) is 0 Å². The van der Waals surface area contributed by atoms with Crippen LogP contribution in [0, 0.1) is 5.82 Å². The lowest BCUT2D eigenvalue weighted by molar-refractivity contribution is 0.495. The molecule has 1 aromatic heterocycles. The van der Waals surface area contributed by atoms with Crippen LogP contribution in [0.25, 0.3) is 0 Å². The maximum atomic E-state index is 13.2. The summed E-state index contributed by atoms with van der Waals surface area (Å²) >= 11 is 0. The van der Waals surface area contributed by atoms with E-state index in [9.17, 15) is 4.39 Å². The molecule has 0 spiro atoms. The third-order valence-corrected chi connectivity index (χ3v) is 3.15. The third-order valence-electron chi connectivity index (χ3n) is 3.15. The third kappa shape index (κ3) is 2.79. The summed E-state index contributed by atoms with van der Waals surface area (Å²) in [6.45, 7) is 2.07. The average molecular weight is 247 g/mol. The van der Waals surface area contributed by atoms with E-state index in [1.165, 1.54) is 6.07 Å². The predicted molar refractivity (Wildman–Crippen MR) is 70.0 cm³/mol. The molecular formula is C15H18FNO. The minimum absolute atomic E-state index is 0.153. The molecule has 0 radical (unpaired) electrons. The van der Waals surface area contributed by atoms with Crippen molar-refractivity contribution >= 4 is 0 Å². The SMILES string of the molecule is CCc1occc1C(Cc1cccc(F)c1)NC. The molecule has 18 heavy (non-hydrogen) atoms. The predicted octanol–water partition coefficient (Wildman–Crippen LogP) is 3.48. The Balaban J connectivity index is 2.20. The van der Waals surface area contributed by atoms with E-state index in [0.29, 0.717) is 0 Å².